The molecule has 0 atom stereocenters. The van der Waals surface area contributed by atoms with E-state index in [1.807, 2.05) is 0 Å². The average Bonchev–Trinajstić information content (AvgIpc) is 2.35. The monoisotopic (exact) mass is 332 g/mol. The molecule has 106 valence electrons. The molecule has 0 spiro atoms. The molecular formula is C12H11Cl3N4O. The zero-order valence-corrected chi connectivity index (χ0v) is 13.0. The van der Waals surface area contributed by atoms with E-state index in [1.54, 1.807) is 19.0 Å². The first kappa shape index (κ1) is 15.0. The van der Waals surface area contributed by atoms with Gasteiger partial charge in [0.2, 0.25) is 5.88 Å². The highest BCUT2D eigenvalue weighted by Crippen LogP contribution is 2.40. The zero-order valence-electron chi connectivity index (χ0n) is 10.7. The molecule has 0 amide bonds. The highest BCUT2D eigenvalue weighted by molar-refractivity contribution is 6.38. The summed E-state index contributed by atoms with van der Waals surface area (Å²) in [5.74, 6) is 0.936. The SMILES string of the molecule is CN(C)c1ncnc(Oc2c(Cl)cc(N)cc2Cl)c1Cl. The third kappa shape index (κ3) is 3.00. The Morgan fingerprint density at radius 2 is 1.70 bits per heavy atom. The summed E-state index contributed by atoms with van der Waals surface area (Å²) in [6.07, 6.45) is 1.34. The van der Waals surface area contributed by atoms with Crippen molar-refractivity contribution >= 4 is 46.3 Å². The van der Waals surface area contributed by atoms with Gasteiger partial charge in [0.25, 0.3) is 0 Å². The van der Waals surface area contributed by atoms with Crippen LogP contribution in [0.25, 0.3) is 0 Å². The van der Waals surface area contributed by atoms with Crippen molar-refractivity contribution in [2.24, 2.45) is 0 Å². The first-order valence-electron chi connectivity index (χ1n) is 5.50. The third-order valence-corrected chi connectivity index (χ3v) is 3.27. The summed E-state index contributed by atoms with van der Waals surface area (Å²) < 4.78 is 5.59. The molecule has 20 heavy (non-hydrogen) atoms. The molecule has 0 bridgehead atoms. The Kier molecular flexibility index (Phi) is 4.42. The van der Waals surface area contributed by atoms with Gasteiger partial charge in [0.05, 0.1) is 10.0 Å². The Hall–Kier alpha value is -1.43. The highest BCUT2D eigenvalue weighted by atomic mass is 35.5. The van der Waals surface area contributed by atoms with Crippen LogP contribution in [0.1, 0.15) is 0 Å². The van der Waals surface area contributed by atoms with Crippen LogP contribution >= 0.6 is 34.8 Å². The van der Waals surface area contributed by atoms with Crippen molar-refractivity contribution in [3.8, 4) is 11.6 Å². The van der Waals surface area contributed by atoms with E-state index in [9.17, 15) is 0 Å². The van der Waals surface area contributed by atoms with Crippen molar-refractivity contribution in [1.29, 1.82) is 0 Å². The normalized spacial score (nSPS) is 10.4. The van der Waals surface area contributed by atoms with Crippen LogP contribution < -0.4 is 15.4 Å². The molecule has 1 aromatic heterocycles. The summed E-state index contributed by atoms with van der Waals surface area (Å²) >= 11 is 18.3. The molecular weight excluding hydrogens is 323 g/mol. The van der Waals surface area contributed by atoms with Crippen molar-refractivity contribution in [2.75, 3.05) is 24.7 Å². The smallest absolute Gasteiger partial charge is 0.243 e. The van der Waals surface area contributed by atoms with Gasteiger partial charge in [-0.3, -0.25) is 0 Å². The fourth-order valence-corrected chi connectivity index (χ4v) is 2.39. The topological polar surface area (TPSA) is 64.3 Å². The highest BCUT2D eigenvalue weighted by Gasteiger charge is 2.16. The van der Waals surface area contributed by atoms with Crippen LogP contribution in [-0.2, 0) is 0 Å². The molecule has 0 unspecified atom stereocenters. The van der Waals surface area contributed by atoms with E-state index in [0.29, 0.717) is 11.5 Å². The Balaban J connectivity index is 2.43. The van der Waals surface area contributed by atoms with Gasteiger partial charge in [-0.25, -0.2) is 4.98 Å². The fourth-order valence-electron chi connectivity index (χ4n) is 1.50. The molecule has 0 saturated carbocycles. The van der Waals surface area contributed by atoms with E-state index in [1.165, 1.54) is 18.5 Å². The second-order valence-corrected chi connectivity index (χ2v) is 5.32. The van der Waals surface area contributed by atoms with Crippen molar-refractivity contribution in [3.63, 3.8) is 0 Å². The lowest BCUT2D eigenvalue weighted by Gasteiger charge is -2.15. The Morgan fingerprint density at radius 1 is 1.10 bits per heavy atom. The van der Waals surface area contributed by atoms with E-state index >= 15 is 0 Å². The number of anilines is 2. The first-order chi connectivity index (χ1) is 9.40. The number of benzene rings is 1. The lowest BCUT2D eigenvalue weighted by atomic mass is 10.3. The van der Waals surface area contributed by atoms with Gasteiger partial charge >= 0.3 is 0 Å². The van der Waals surface area contributed by atoms with Crippen LogP contribution in [0.2, 0.25) is 15.1 Å². The van der Waals surface area contributed by atoms with Gasteiger partial charge in [0.15, 0.2) is 11.6 Å². The summed E-state index contributed by atoms with van der Waals surface area (Å²) in [6.45, 7) is 0. The van der Waals surface area contributed by atoms with E-state index in [-0.39, 0.29) is 26.7 Å². The van der Waals surface area contributed by atoms with Crippen molar-refractivity contribution in [1.82, 2.24) is 9.97 Å². The summed E-state index contributed by atoms with van der Waals surface area (Å²) in [4.78, 5) is 9.78. The average molecular weight is 334 g/mol. The number of hydrogen-bond acceptors (Lipinski definition) is 5. The van der Waals surface area contributed by atoms with E-state index in [4.69, 9.17) is 45.3 Å². The lowest BCUT2D eigenvalue weighted by Crippen LogP contribution is -2.11. The van der Waals surface area contributed by atoms with Gasteiger partial charge in [0.1, 0.15) is 11.3 Å². The van der Waals surface area contributed by atoms with Gasteiger partial charge in [-0.2, -0.15) is 4.98 Å². The molecule has 2 aromatic rings. The maximum atomic E-state index is 6.19. The van der Waals surface area contributed by atoms with Gasteiger partial charge < -0.3 is 15.4 Å². The van der Waals surface area contributed by atoms with Gasteiger partial charge in [-0.1, -0.05) is 34.8 Å². The zero-order chi connectivity index (χ0) is 14.9. The van der Waals surface area contributed by atoms with Crippen LogP contribution in [0.3, 0.4) is 0 Å². The minimum Gasteiger partial charge on any atom is -0.434 e. The molecule has 2 rings (SSSR count). The van der Waals surface area contributed by atoms with Gasteiger partial charge in [-0.05, 0) is 12.1 Å². The van der Waals surface area contributed by atoms with Crippen LogP contribution in [-0.4, -0.2) is 24.1 Å². The first-order valence-corrected chi connectivity index (χ1v) is 6.63. The van der Waals surface area contributed by atoms with Crippen LogP contribution in [0, 0.1) is 0 Å². The number of rotatable bonds is 3. The Morgan fingerprint density at radius 3 is 2.25 bits per heavy atom. The van der Waals surface area contributed by atoms with Crippen molar-refractivity contribution < 1.29 is 4.74 Å². The van der Waals surface area contributed by atoms with Crippen LogP contribution in [0.4, 0.5) is 11.5 Å². The summed E-state index contributed by atoms with van der Waals surface area (Å²) in [5, 5.41) is 0.814. The number of halogens is 3. The lowest BCUT2D eigenvalue weighted by molar-refractivity contribution is 0.462. The quantitative estimate of drug-likeness (QED) is 0.864. The van der Waals surface area contributed by atoms with Crippen LogP contribution in [0.15, 0.2) is 18.5 Å². The van der Waals surface area contributed by atoms with Crippen molar-refractivity contribution in [2.45, 2.75) is 0 Å². The van der Waals surface area contributed by atoms with E-state index in [2.05, 4.69) is 9.97 Å². The molecule has 2 N–H and O–H groups in total. The van der Waals surface area contributed by atoms with Crippen LogP contribution in [0.5, 0.6) is 11.6 Å². The molecule has 0 saturated heterocycles. The maximum Gasteiger partial charge on any atom is 0.243 e. The molecule has 8 heteroatoms. The Bertz CT molecular complexity index is 626. The Labute approximate surface area is 131 Å². The molecule has 0 fully saturated rings. The predicted octanol–water partition coefficient (Wildman–Crippen LogP) is 3.88. The number of nitrogens with two attached hydrogens (primary N) is 1. The largest absolute Gasteiger partial charge is 0.434 e. The predicted molar refractivity (Wildman–Crippen MR) is 82.3 cm³/mol. The maximum absolute atomic E-state index is 6.19. The number of nitrogen functional groups attached to an aromatic ring is 1. The summed E-state index contributed by atoms with van der Waals surface area (Å²) in [7, 11) is 3.61. The number of aromatic nitrogens is 2. The third-order valence-electron chi connectivity index (χ3n) is 2.38. The molecule has 5 nitrogen and oxygen atoms in total. The number of ether oxygens (including phenoxy) is 1. The summed E-state index contributed by atoms with van der Waals surface area (Å²) in [5.41, 5.74) is 6.07. The minimum atomic E-state index is 0.166. The second-order valence-electron chi connectivity index (χ2n) is 4.13. The second kappa shape index (κ2) is 5.91. The van der Waals surface area contributed by atoms with E-state index < -0.39 is 0 Å². The van der Waals surface area contributed by atoms with Gasteiger partial charge in [0, 0.05) is 19.8 Å². The standard InChI is InChI=1S/C12H11Cl3N4O/c1-19(2)11-9(15)12(18-5-17-11)20-10-7(13)3-6(16)4-8(10)14/h3-5H,16H2,1-2H3. The molecule has 0 aliphatic carbocycles. The van der Waals surface area contributed by atoms with Crippen molar-refractivity contribution in [3.05, 3.63) is 33.5 Å². The molecule has 0 aliphatic rings. The minimum absolute atomic E-state index is 0.166. The molecule has 1 heterocycles. The van der Waals surface area contributed by atoms with E-state index in [0.717, 1.165) is 0 Å². The molecule has 0 aliphatic heterocycles. The fraction of sp³-hybridized carbons (Fsp3) is 0.167. The molecule has 0 radical (unpaired) electrons. The van der Waals surface area contributed by atoms with Gasteiger partial charge in [-0.15, -0.1) is 0 Å². The number of hydrogen-bond donors (Lipinski definition) is 1. The summed E-state index contributed by atoms with van der Waals surface area (Å²) in [6, 6.07) is 3.06. The number of nitrogens with zero attached hydrogens (tertiary/aromatic N) is 3. The molecule has 1 aromatic carbocycles.